The van der Waals surface area contributed by atoms with Crippen LogP contribution in [0.5, 0.6) is 5.75 Å². The first-order valence-electron chi connectivity index (χ1n) is 7.20. The average molecular weight is 324 g/mol. The molecule has 0 unspecified atom stereocenters. The number of benzene rings is 1. The van der Waals surface area contributed by atoms with Gasteiger partial charge < -0.3 is 15.4 Å². The van der Waals surface area contributed by atoms with Gasteiger partial charge in [0.2, 0.25) is 0 Å². The quantitative estimate of drug-likeness (QED) is 0.786. The van der Waals surface area contributed by atoms with Crippen LogP contribution in [0.3, 0.4) is 0 Å². The number of carbonyl (C=O) groups is 1. The van der Waals surface area contributed by atoms with Gasteiger partial charge in [0.05, 0.1) is 18.4 Å². The highest BCUT2D eigenvalue weighted by Crippen LogP contribution is 2.18. The van der Waals surface area contributed by atoms with Gasteiger partial charge in [-0.15, -0.1) is 0 Å². The summed E-state index contributed by atoms with van der Waals surface area (Å²) in [5.74, 6) is 0.593. The van der Waals surface area contributed by atoms with Gasteiger partial charge in [-0.2, -0.15) is 0 Å². The molecule has 0 saturated carbocycles. The second-order valence-electron chi connectivity index (χ2n) is 5.09. The number of amides is 2. The molecule has 2 rings (SSSR count). The molecule has 0 bridgehead atoms. The minimum absolute atomic E-state index is 0.0966. The van der Waals surface area contributed by atoms with E-state index >= 15 is 0 Å². The first kappa shape index (κ1) is 16.4. The van der Waals surface area contributed by atoms with Crippen LogP contribution in [0.15, 0.2) is 35.7 Å². The van der Waals surface area contributed by atoms with E-state index in [1.54, 1.807) is 18.2 Å². The molecule has 2 N–H and O–H groups in total. The molecule has 7 heteroatoms. The van der Waals surface area contributed by atoms with Crippen molar-refractivity contribution in [3.63, 3.8) is 0 Å². The summed E-state index contributed by atoms with van der Waals surface area (Å²) in [6, 6.07) is 6.15. The van der Waals surface area contributed by atoms with Crippen LogP contribution in [0.1, 0.15) is 19.8 Å². The zero-order valence-electron chi connectivity index (χ0n) is 12.4. The number of hydrogen-bond acceptors (Lipinski definition) is 4. The second kappa shape index (κ2) is 7.31. The molecule has 0 aliphatic carbocycles. The summed E-state index contributed by atoms with van der Waals surface area (Å²) in [5.41, 5.74) is 0.594. The second-order valence-corrected chi connectivity index (χ2v) is 7.02. The number of unbranched alkanes of at least 4 members (excludes halogenated alkanes) is 1. The molecule has 120 valence electrons. The van der Waals surface area contributed by atoms with Crippen molar-refractivity contribution in [3.05, 3.63) is 35.7 Å². The molecule has 1 heterocycles. The average Bonchev–Trinajstić information content (AvgIpc) is 2.78. The molecule has 0 saturated heterocycles. The molecule has 2 amide bonds. The highest BCUT2D eigenvalue weighted by molar-refractivity contribution is 7.94. The summed E-state index contributed by atoms with van der Waals surface area (Å²) in [6.45, 7) is 2.72. The van der Waals surface area contributed by atoms with Crippen molar-refractivity contribution < 1.29 is 17.9 Å². The Hall–Kier alpha value is -2.02. The Bertz CT molecular complexity index is 655. The minimum atomic E-state index is -3.18. The van der Waals surface area contributed by atoms with E-state index in [1.165, 1.54) is 6.08 Å². The zero-order valence-corrected chi connectivity index (χ0v) is 13.2. The third-order valence-electron chi connectivity index (χ3n) is 3.11. The summed E-state index contributed by atoms with van der Waals surface area (Å²) in [5, 5.41) is 6.39. The zero-order chi connectivity index (χ0) is 16.0. The van der Waals surface area contributed by atoms with E-state index in [9.17, 15) is 13.2 Å². The van der Waals surface area contributed by atoms with Crippen molar-refractivity contribution in [1.82, 2.24) is 5.32 Å². The van der Waals surface area contributed by atoms with Gasteiger partial charge >= 0.3 is 6.03 Å². The van der Waals surface area contributed by atoms with Crippen molar-refractivity contribution in [3.8, 4) is 5.75 Å². The maximum atomic E-state index is 11.9. The number of anilines is 1. The minimum Gasteiger partial charge on any atom is -0.494 e. The lowest BCUT2D eigenvalue weighted by atomic mass is 10.3. The van der Waals surface area contributed by atoms with Crippen LogP contribution in [0.25, 0.3) is 0 Å². The molecule has 1 aromatic rings. The van der Waals surface area contributed by atoms with Crippen molar-refractivity contribution in [2.24, 2.45) is 0 Å². The Balaban J connectivity index is 1.86. The number of urea groups is 1. The van der Waals surface area contributed by atoms with E-state index < -0.39 is 21.9 Å². The lowest BCUT2D eigenvalue weighted by molar-refractivity contribution is 0.251. The number of carbonyl (C=O) groups excluding carboxylic acids is 1. The number of hydrogen-bond donors (Lipinski definition) is 2. The van der Waals surface area contributed by atoms with Gasteiger partial charge in [0.1, 0.15) is 5.75 Å². The largest absolute Gasteiger partial charge is 0.494 e. The van der Waals surface area contributed by atoms with Crippen molar-refractivity contribution in [1.29, 1.82) is 0 Å². The fraction of sp³-hybridized carbons (Fsp3) is 0.400. The molecular formula is C15H20N2O4S. The molecule has 0 aromatic heterocycles. The van der Waals surface area contributed by atoms with Gasteiger partial charge in [-0.3, -0.25) is 0 Å². The van der Waals surface area contributed by atoms with Gasteiger partial charge in [0.25, 0.3) is 0 Å². The fourth-order valence-corrected chi connectivity index (χ4v) is 3.23. The molecule has 0 spiro atoms. The molecule has 1 aromatic carbocycles. The van der Waals surface area contributed by atoms with Gasteiger partial charge in [-0.25, -0.2) is 13.2 Å². The van der Waals surface area contributed by atoms with Gasteiger partial charge in [0, 0.05) is 17.2 Å². The summed E-state index contributed by atoms with van der Waals surface area (Å²) in [6.07, 6.45) is 3.50. The normalized spacial score (nSPS) is 18.9. The van der Waals surface area contributed by atoms with E-state index in [1.807, 2.05) is 6.07 Å². The third-order valence-corrected chi connectivity index (χ3v) is 4.50. The SMILES string of the molecule is CCCCOc1cccc(NC(=O)N[C@H]2C=CS(=O)(=O)C2)c1. The topological polar surface area (TPSA) is 84.5 Å². The van der Waals surface area contributed by atoms with Gasteiger partial charge in [-0.1, -0.05) is 19.4 Å². The monoisotopic (exact) mass is 324 g/mol. The first-order valence-corrected chi connectivity index (χ1v) is 8.91. The smallest absolute Gasteiger partial charge is 0.319 e. The van der Waals surface area contributed by atoms with E-state index in [4.69, 9.17) is 4.74 Å². The van der Waals surface area contributed by atoms with Crippen LogP contribution >= 0.6 is 0 Å². The Morgan fingerprint density at radius 1 is 1.41 bits per heavy atom. The van der Waals surface area contributed by atoms with E-state index in [-0.39, 0.29) is 5.75 Å². The molecular weight excluding hydrogens is 304 g/mol. The van der Waals surface area contributed by atoms with Crippen LogP contribution in [-0.2, 0) is 9.84 Å². The van der Waals surface area contributed by atoms with Crippen LogP contribution < -0.4 is 15.4 Å². The lowest BCUT2D eigenvalue weighted by Gasteiger charge is -2.12. The molecule has 1 atom stereocenters. The van der Waals surface area contributed by atoms with Crippen molar-refractivity contribution in [2.45, 2.75) is 25.8 Å². The molecule has 1 aliphatic heterocycles. The Labute approximate surface area is 130 Å². The third kappa shape index (κ3) is 5.07. The van der Waals surface area contributed by atoms with Crippen molar-refractivity contribution >= 4 is 21.6 Å². The fourth-order valence-electron chi connectivity index (χ4n) is 2.00. The highest BCUT2D eigenvalue weighted by atomic mass is 32.2. The number of nitrogens with one attached hydrogen (secondary N) is 2. The maximum absolute atomic E-state index is 11.9. The Kier molecular flexibility index (Phi) is 5.43. The van der Waals surface area contributed by atoms with Crippen molar-refractivity contribution in [2.75, 3.05) is 17.7 Å². The molecule has 1 aliphatic rings. The summed E-state index contributed by atoms with van der Waals surface area (Å²) < 4.78 is 28.1. The standard InChI is InChI=1S/C15H20N2O4S/c1-2-3-8-21-14-6-4-5-12(10-14)16-15(18)17-13-7-9-22(19,20)11-13/h4-7,9-10,13H,2-3,8,11H2,1H3,(H2,16,17,18)/t13-/m0/s1. The lowest BCUT2D eigenvalue weighted by Crippen LogP contribution is -2.38. The maximum Gasteiger partial charge on any atom is 0.319 e. The number of rotatable bonds is 6. The predicted molar refractivity (Wildman–Crippen MR) is 85.7 cm³/mol. The summed E-state index contributed by atoms with van der Waals surface area (Å²) >= 11 is 0. The summed E-state index contributed by atoms with van der Waals surface area (Å²) in [4.78, 5) is 11.9. The molecule has 22 heavy (non-hydrogen) atoms. The summed E-state index contributed by atoms with van der Waals surface area (Å²) in [7, 11) is -3.18. The van der Waals surface area contributed by atoms with E-state index in [0.717, 1.165) is 18.2 Å². The van der Waals surface area contributed by atoms with Gasteiger partial charge in [-0.05, 0) is 24.6 Å². The van der Waals surface area contributed by atoms with Crippen LogP contribution in [0.4, 0.5) is 10.5 Å². The van der Waals surface area contributed by atoms with Crippen LogP contribution in [0.2, 0.25) is 0 Å². The van der Waals surface area contributed by atoms with E-state index in [2.05, 4.69) is 17.6 Å². The first-order chi connectivity index (χ1) is 10.5. The van der Waals surface area contributed by atoms with Crippen LogP contribution in [0, 0.1) is 0 Å². The van der Waals surface area contributed by atoms with E-state index in [0.29, 0.717) is 18.0 Å². The Morgan fingerprint density at radius 3 is 2.91 bits per heavy atom. The highest BCUT2D eigenvalue weighted by Gasteiger charge is 2.22. The Morgan fingerprint density at radius 2 is 2.23 bits per heavy atom. The molecule has 0 fully saturated rings. The number of sulfone groups is 1. The number of ether oxygens (including phenoxy) is 1. The van der Waals surface area contributed by atoms with Crippen LogP contribution in [-0.4, -0.2) is 32.9 Å². The van der Waals surface area contributed by atoms with Gasteiger partial charge in [0.15, 0.2) is 9.84 Å². The molecule has 6 nitrogen and oxygen atoms in total. The molecule has 0 radical (unpaired) electrons. The predicted octanol–water partition coefficient (Wildman–Crippen LogP) is 2.30.